The third-order valence-electron chi connectivity index (χ3n) is 7.81. The highest BCUT2D eigenvalue weighted by Crippen LogP contribution is 2.76. The molecule has 1 heterocycles. The Morgan fingerprint density at radius 3 is 2.50 bits per heavy atom. The molecule has 1 saturated heterocycles. The molecule has 5 fully saturated rings. The second-order valence-corrected chi connectivity index (χ2v) is 10.5. The van der Waals surface area contributed by atoms with Crippen molar-refractivity contribution in [2.45, 2.75) is 58.8 Å². The highest BCUT2D eigenvalue weighted by Gasteiger charge is 2.77. The Bertz CT molecular complexity index is 545. The molecule has 0 aromatic rings. The molecule has 0 aromatic heterocycles. The standard InChI is InChI=1S/C19H30O3S2/c1-11(2)12-8-14-17(3)10-19(20-6-7-21-19)18(14,4)9-13(12)15(17)22-16(23)24-5/h11-15H,6-10H2,1-5H3/t12-,13-,14+,15+,17+,18+/m0/s1. The van der Waals surface area contributed by atoms with E-state index in [4.69, 9.17) is 26.4 Å². The van der Waals surface area contributed by atoms with E-state index in [1.165, 1.54) is 6.42 Å². The fourth-order valence-corrected chi connectivity index (χ4v) is 7.18. The van der Waals surface area contributed by atoms with Crippen LogP contribution in [0.15, 0.2) is 0 Å². The zero-order valence-electron chi connectivity index (χ0n) is 15.5. The molecule has 0 unspecified atom stereocenters. The molecule has 136 valence electrons. The van der Waals surface area contributed by atoms with Crippen LogP contribution in [-0.2, 0) is 14.2 Å². The van der Waals surface area contributed by atoms with Gasteiger partial charge in [-0.15, -0.1) is 0 Å². The summed E-state index contributed by atoms with van der Waals surface area (Å²) in [5.74, 6) is 2.12. The number of ether oxygens (including phenoxy) is 3. The van der Waals surface area contributed by atoms with E-state index in [9.17, 15) is 0 Å². The number of fused-ring (bicyclic) bond motifs is 1. The van der Waals surface area contributed by atoms with Crippen LogP contribution in [0.4, 0.5) is 0 Å². The van der Waals surface area contributed by atoms with Gasteiger partial charge in [0.25, 0.3) is 0 Å². The second kappa shape index (κ2) is 5.58. The minimum atomic E-state index is -0.397. The molecule has 0 aromatic carbocycles. The first-order chi connectivity index (χ1) is 11.3. The summed E-state index contributed by atoms with van der Waals surface area (Å²) in [4.78, 5) is 0. The molecular formula is C19H30O3S2. The summed E-state index contributed by atoms with van der Waals surface area (Å²) in [6.45, 7) is 11.0. The fraction of sp³-hybridized carbons (Fsp3) is 0.947. The molecule has 0 amide bonds. The predicted octanol–water partition coefficient (Wildman–Crippen LogP) is 4.49. The van der Waals surface area contributed by atoms with Crippen molar-refractivity contribution in [3.8, 4) is 0 Å². The van der Waals surface area contributed by atoms with Gasteiger partial charge in [0.1, 0.15) is 6.10 Å². The molecule has 4 bridgehead atoms. The zero-order valence-corrected chi connectivity index (χ0v) is 17.1. The van der Waals surface area contributed by atoms with E-state index in [1.54, 1.807) is 11.8 Å². The molecule has 0 radical (unpaired) electrons. The van der Waals surface area contributed by atoms with Gasteiger partial charge >= 0.3 is 0 Å². The summed E-state index contributed by atoms with van der Waals surface area (Å²) < 4.78 is 19.7. The normalized spacial score (nSPS) is 48.4. The quantitative estimate of drug-likeness (QED) is 0.668. The zero-order chi connectivity index (χ0) is 17.3. The van der Waals surface area contributed by atoms with Gasteiger partial charge in [0.15, 0.2) is 5.79 Å². The minimum Gasteiger partial charge on any atom is -0.474 e. The smallest absolute Gasteiger partial charge is 0.219 e. The van der Waals surface area contributed by atoms with Crippen molar-refractivity contribution in [2.75, 3.05) is 19.5 Å². The molecule has 1 spiro atoms. The second-order valence-electron chi connectivity index (χ2n) is 9.11. The van der Waals surface area contributed by atoms with Gasteiger partial charge in [-0.05, 0) is 49.1 Å². The largest absolute Gasteiger partial charge is 0.474 e. The predicted molar refractivity (Wildman–Crippen MR) is 101 cm³/mol. The summed E-state index contributed by atoms with van der Waals surface area (Å²) in [7, 11) is 0. The molecule has 5 aliphatic rings. The molecule has 5 rings (SSSR count). The van der Waals surface area contributed by atoms with Gasteiger partial charge in [-0.3, -0.25) is 0 Å². The summed E-state index contributed by atoms with van der Waals surface area (Å²) >= 11 is 7.00. The van der Waals surface area contributed by atoms with E-state index in [0.29, 0.717) is 28.1 Å². The van der Waals surface area contributed by atoms with Crippen molar-refractivity contribution in [1.82, 2.24) is 0 Å². The molecule has 3 nitrogen and oxygen atoms in total. The van der Waals surface area contributed by atoms with Gasteiger partial charge in [-0.2, -0.15) is 0 Å². The van der Waals surface area contributed by atoms with Gasteiger partial charge in [-0.25, -0.2) is 0 Å². The topological polar surface area (TPSA) is 27.7 Å². The highest BCUT2D eigenvalue weighted by molar-refractivity contribution is 8.22. The maximum atomic E-state index is 6.42. The van der Waals surface area contributed by atoms with Gasteiger partial charge < -0.3 is 14.2 Å². The lowest BCUT2D eigenvalue weighted by Crippen LogP contribution is -2.61. The molecule has 4 aliphatic carbocycles. The minimum absolute atomic E-state index is 0.0905. The number of rotatable bonds is 2. The Kier molecular flexibility index (Phi) is 4.08. The number of hydrogen-bond acceptors (Lipinski definition) is 5. The first kappa shape index (κ1) is 17.6. The van der Waals surface area contributed by atoms with Gasteiger partial charge in [-0.1, -0.05) is 39.5 Å². The van der Waals surface area contributed by atoms with E-state index in [1.807, 2.05) is 6.26 Å². The van der Waals surface area contributed by atoms with Crippen LogP contribution in [0.5, 0.6) is 0 Å². The Morgan fingerprint density at radius 2 is 1.92 bits per heavy atom. The lowest BCUT2D eigenvalue weighted by Gasteiger charge is -2.61. The van der Waals surface area contributed by atoms with Gasteiger partial charge in [0.05, 0.1) is 13.2 Å². The lowest BCUT2D eigenvalue weighted by molar-refractivity contribution is -0.247. The third-order valence-corrected chi connectivity index (χ3v) is 8.83. The maximum Gasteiger partial charge on any atom is 0.219 e. The van der Waals surface area contributed by atoms with E-state index in [2.05, 4.69) is 27.7 Å². The number of hydrogen-bond donors (Lipinski definition) is 0. The molecule has 0 N–H and O–H groups in total. The van der Waals surface area contributed by atoms with Crippen molar-refractivity contribution in [3.05, 3.63) is 0 Å². The number of thiocarbonyl (C=S) groups is 1. The number of thioether (sulfide) groups is 1. The molecule has 6 atom stereocenters. The van der Waals surface area contributed by atoms with E-state index in [-0.39, 0.29) is 16.9 Å². The average molecular weight is 371 g/mol. The van der Waals surface area contributed by atoms with Crippen LogP contribution in [0.2, 0.25) is 0 Å². The van der Waals surface area contributed by atoms with E-state index >= 15 is 0 Å². The fourth-order valence-electron chi connectivity index (χ4n) is 6.88. The maximum absolute atomic E-state index is 6.42. The summed E-state index contributed by atoms with van der Waals surface area (Å²) in [5, 5.41) is 0. The van der Waals surface area contributed by atoms with Gasteiger partial charge in [0, 0.05) is 23.2 Å². The van der Waals surface area contributed by atoms with Crippen molar-refractivity contribution in [1.29, 1.82) is 0 Å². The Labute approximate surface area is 155 Å². The van der Waals surface area contributed by atoms with Crippen LogP contribution in [0.25, 0.3) is 0 Å². The van der Waals surface area contributed by atoms with E-state index < -0.39 is 5.79 Å². The first-order valence-corrected chi connectivity index (χ1v) is 10.9. The van der Waals surface area contributed by atoms with Crippen LogP contribution in [0.3, 0.4) is 0 Å². The lowest BCUT2D eigenvalue weighted by atomic mass is 9.46. The van der Waals surface area contributed by atoms with Crippen molar-refractivity contribution in [3.63, 3.8) is 0 Å². The van der Waals surface area contributed by atoms with Crippen LogP contribution in [-0.4, -0.2) is 35.7 Å². The van der Waals surface area contributed by atoms with Crippen LogP contribution in [0.1, 0.15) is 47.0 Å². The van der Waals surface area contributed by atoms with Crippen LogP contribution < -0.4 is 0 Å². The summed E-state index contributed by atoms with van der Waals surface area (Å²) in [6, 6.07) is 0. The molecule has 4 saturated carbocycles. The van der Waals surface area contributed by atoms with Crippen molar-refractivity contribution in [2.24, 2.45) is 34.5 Å². The molecule has 1 aliphatic heterocycles. The Balaban J connectivity index is 1.76. The summed E-state index contributed by atoms with van der Waals surface area (Å²) in [6.07, 6.45) is 5.57. The Morgan fingerprint density at radius 1 is 1.25 bits per heavy atom. The van der Waals surface area contributed by atoms with Crippen molar-refractivity contribution >= 4 is 28.4 Å². The first-order valence-electron chi connectivity index (χ1n) is 9.30. The molecular weight excluding hydrogens is 340 g/mol. The van der Waals surface area contributed by atoms with Crippen LogP contribution in [0, 0.1) is 34.5 Å². The third kappa shape index (κ3) is 2.07. The van der Waals surface area contributed by atoms with Crippen molar-refractivity contribution < 1.29 is 14.2 Å². The van der Waals surface area contributed by atoms with E-state index in [0.717, 1.165) is 26.1 Å². The van der Waals surface area contributed by atoms with Crippen LogP contribution >= 0.6 is 24.0 Å². The molecule has 24 heavy (non-hydrogen) atoms. The highest BCUT2D eigenvalue weighted by atomic mass is 32.2. The average Bonchev–Trinajstić information content (AvgIpc) is 3.05. The summed E-state index contributed by atoms with van der Waals surface area (Å²) in [5.41, 5.74) is 0.197. The SMILES string of the molecule is CSC(=S)O[C@@H]1[C@H]2C[C@]3(C)[C@H](C[C@H]2C(C)C)[C@@]1(C)CC31OCCO1. The Hall–Kier alpha value is 0.160. The molecule has 5 heteroatoms. The monoisotopic (exact) mass is 370 g/mol. The van der Waals surface area contributed by atoms with Gasteiger partial charge in [0.2, 0.25) is 4.38 Å².